The van der Waals surface area contributed by atoms with Gasteiger partial charge in [0, 0.05) is 0 Å². The minimum atomic E-state index is 0. The maximum absolute atomic E-state index is 8.87. The molecule has 0 heterocycles. The van der Waals surface area contributed by atoms with Gasteiger partial charge in [0.1, 0.15) is 11.5 Å². The van der Waals surface area contributed by atoms with Crippen molar-refractivity contribution >= 4 is 31.9 Å². The summed E-state index contributed by atoms with van der Waals surface area (Å²) < 4.78 is 1.47. The minimum absolute atomic E-state index is 0. The van der Waals surface area contributed by atoms with Crippen LogP contribution in [-0.2, 0) is 26.2 Å². The van der Waals surface area contributed by atoms with Crippen molar-refractivity contribution in [2.24, 2.45) is 0 Å². The third-order valence-corrected chi connectivity index (χ3v) is 4.22. The van der Waals surface area contributed by atoms with E-state index < -0.39 is 0 Å². The molecule has 2 aliphatic rings. The first kappa shape index (κ1) is 25.8. The van der Waals surface area contributed by atoms with Crippen molar-refractivity contribution in [3.63, 3.8) is 0 Å². The largest absolute Gasteiger partial charge is 2.00 e. The molecule has 0 aliphatic heterocycles. The van der Waals surface area contributed by atoms with Crippen molar-refractivity contribution in [2.45, 2.75) is 12.8 Å². The summed E-state index contributed by atoms with van der Waals surface area (Å²) in [6, 6.07) is 14.1. The van der Waals surface area contributed by atoms with Crippen molar-refractivity contribution in [2.75, 3.05) is 0 Å². The van der Waals surface area contributed by atoms with Crippen molar-refractivity contribution < 1.29 is 36.4 Å². The van der Waals surface area contributed by atoms with E-state index in [0.29, 0.717) is 0 Å². The summed E-state index contributed by atoms with van der Waals surface area (Å²) in [5.41, 5.74) is 0. The van der Waals surface area contributed by atoms with Gasteiger partial charge in [-0.1, -0.05) is 24.3 Å². The number of aromatic hydroxyl groups is 2. The normalized spacial score (nSPS) is 11.9. The number of rotatable bonds is 0. The fraction of sp³-hybridized carbons (Fsp3) is 0.0909. The van der Waals surface area contributed by atoms with E-state index in [9.17, 15) is 0 Å². The molecule has 0 atom stereocenters. The fourth-order valence-corrected chi connectivity index (χ4v) is 2.15. The average molecular weight is 567 g/mol. The maximum atomic E-state index is 8.87. The van der Waals surface area contributed by atoms with Crippen LogP contribution < -0.4 is 0 Å². The van der Waals surface area contributed by atoms with Crippen LogP contribution in [0.3, 0.4) is 0 Å². The molecule has 0 radical (unpaired) electrons. The summed E-state index contributed by atoms with van der Waals surface area (Å²) >= 11 is 6.29. The minimum Gasteiger partial charge on any atom is -0.507 e. The molecular weight excluding hydrogens is 547 g/mol. The summed E-state index contributed by atoms with van der Waals surface area (Å²) in [6.07, 6.45) is 20.0. The molecule has 0 fully saturated rings. The average Bonchev–Trinajstić information content (AvgIpc) is 3.39. The second kappa shape index (κ2) is 17.0. The number of para-hydroxylation sites is 2. The van der Waals surface area contributed by atoms with E-state index in [4.69, 9.17) is 10.2 Å². The SMILES string of the molecule is Oc1ccccc1Br.Oc1ccccc1Br.[C-]1=CC=CC1.[C-]1=CC=CC1.[Zr+2]. The van der Waals surface area contributed by atoms with Crippen LogP contribution in [0.4, 0.5) is 0 Å². The van der Waals surface area contributed by atoms with Crippen LogP contribution in [0.15, 0.2) is 93.9 Å². The van der Waals surface area contributed by atoms with Crippen LogP contribution >= 0.6 is 31.9 Å². The van der Waals surface area contributed by atoms with Gasteiger partial charge in [0.2, 0.25) is 0 Å². The number of hydrogen-bond acceptors (Lipinski definition) is 2. The molecule has 2 aromatic carbocycles. The van der Waals surface area contributed by atoms with Crippen molar-refractivity contribution in [1.82, 2.24) is 0 Å². The Balaban J connectivity index is 0.000000337. The van der Waals surface area contributed by atoms with Gasteiger partial charge in [0.25, 0.3) is 0 Å². The van der Waals surface area contributed by atoms with E-state index in [1.807, 2.05) is 36.4 Å². The van der Waals surface area contributed by atoms with Gasteiger partial charge >= 0.3 is 26.2 Å². The van der Waals surface area contributed by atoms with Gasteiger partial charge < -0.3 is 10.2 Å². The molecule has 5 heteroatoms. The van der Waals surface area contributed by atoms with Gasteiger partial charge in [-0.3, -0.25) is 12.2 Å². The first-order valence-corrected chi connectivity index (χ1v) is 9.50. The molecule has 2 aliphatic carbocycles. The summed E-state index contributed by atoms with van der Waals surface area (Å²) in [5, 5.41) is 17.7. The summed E-state index contributed by atoms with van der Waals surface area (Å²) in [6.45, 7) is 0. The van der Waals surface area contributed by atoms with Gasteiger partial charge in [-0.15, -0.1) is 12.8 Å². The molecule has 27 heavy (non-hydrogen) atoms. The number of allylic oxidation sites excluding steroid dienone is 8. The molecule has 0 unspecified atom stereocenters. The van der Waals surface area contributed by atoms with E-state index >= 15 is 0 Å². The quantitative estimate of drug-likeness (QED) is 0.340. The van der Waals surface area contributed by atoms with Crippen molar-refractivity contribution in [1.29, 1.82) is 0 Å². The molecule has 0 bridgehead atoms. The smallest absolute Gasteiger partial charge is 0.507 e. The van der Waals surface area contributed by atoms with Crippen LogP contribution in [0.5, 0.6) is 11.5 Å². The zero-order valence-electron chi connectivity index (χ0n) is 14.6. The second-order valence-electron chi connectivity index (χ2n) is 4.91. The van der Waals surface area contributed by atoms with Crippen molar-refractivity contribution in [3.05, 3.63) is 106 Å². The molecule has 0 amide bonds. The van der Waals surface area contributed by atoms with E-state index in [-0.39, 0.29) is 37.7 Å². The summed E-state index contributed by atoms with van der Waals surface area (Å²) in [7, 11) is 0. The van der Waals surface area contributed by atoms with Gasteiger partial charge in [-0.05, 0) is 56.1 Å². The molecule has 2 N–H and O–H groups in total. The Labute approximate surface area is 197 Å². The number of phenols is 2. The molecule has 0 spiro atoms. The molecular formula is C22H20Br2O2Zr. The zero-order valence-corrected chi connectivity index (χ0v) is 20.3. The Morgan fingerprint density at radius 2 is 1.04 bits per heavy atom. The molecule has 2 nitrogen and oxygen atoms in total. The first-order chi connectivity index (χ1) is 12.6. The van der Waals surface area contributed by atoms with E-state index in [0.717, 1.165) is 21.8 Å². The molecule has 4 rings (SSSR count). The van der Waals surface area contributed by atoms with Crippen molar-refractivity contribution in [3.8, 4) is 11.5 Å². The maximum Gasteiger partial charge on any atom is 2.00 e. The monoisotopic (exact) mass is 564 g/mol. The summed E-state index contributed by atoms with van der Waals surface area (Å²) in [5.74, 6) is 0.569. The number of hydrogen-bond donors (Lipinski definition) is 2. The Morgan fingerprint density at radius 3 is 1.19 bits per heavy atom. The first-order valence-electron chi connectivity index (χ1n) is 7.91. The Morgan fingerprint density at radius 1 is 0.667 bits per heavy atom. The second-order valence-corrected chi connectivity index (χ2v) is 6.62. The third-order valence-electron chi connectivity index (χ3n) is 2.88. The zero-order chi connectivity index (χ0) is 19.0. The van der Waals surface area contributed by atoms with Crippen LogP contribution in [0.2, 0.25) is 0 Å². The third kappa shape index (κ3) is 13.6. The predicted molar refractivity (Wildman–Crippen MR) is 115 cm³/mol. The number of phenolic OH excluding ortho intramolecular Hbond substituents is 2. The van der Waals surface area contributed by atoms with Gasteiger partial charge in [-0.2, -0.15) is 12.2 Å². The van der Waals surface area contributed by atoms with Crippen LogP contribution in [0, 0.1) is 12.2 Å². The summed E-state index contributed by atoms with van der Waals surface area (Å²) in [4.78, 5) is 0. The Bertz CT molecular complexity index is 641. The van der Waals surface area contributed by atoms with Gasteiger partial charge in [0.15, 0.2) is 0 Å². The Kier molecular flexibility index (Phi) is 16.2. The fourth-order valence-electron chi connectivity index (χ4n) is 1.58. The predicted octanol–water partition coefficient (Wildman–Crippen LogP) is 6.92. The molecule has 138 valence electrons. The van der Waals surface area contributed by atoms with Gasteiger partial charge in [0.05, 0.1) is 8.95 Å². The van der Waals surface area contributed by atoms with Crippen LogP contribution in [-0.4, -0.2) is 10.2 Å². The molecule has 2 aromatic rings. The standard InChI is InChI=1S/2C6H5BrO.2C5H5.Zr/c2*7-5-3-1-2-4-6(5)8;2*1-2-4-5-3-1;/h2*1-4,8H;2*1-3H,4H2;/q;;2*-1;+2. The van der Waals surface area contributed by atoms with E-state index in [2.05, 4.69) is 56.2 Å². The topological polar surface area (TPSA) is 40.5 Å². The number of halogens is 2. The Hall–Kier alpha value is -1.16. The molecule has 0 aromatic heterocycles. The van der Waals surface area contributed by atoms with E-state index in [1.165, 1.54) is 0 Å². The van der Waals surface area contributed by atoms with Crippen LogP contribution in [0.25, 0.3) is 0 Å². The van der Waals surface area contributed by atoms with E-state index in [1.54, 1.807) is 36.4 Å². The molecule has 0 saturated heterocycles. The van der Waals surface area contributed by atoms with Gasteiger partial charge in [-0.25, -0.2) is 24.3 Å². The molecule has 0 saturated carbocycles. The van der Waals surface area contributed by atoms with Crippen LogP contribution in [0.1, 0.15) is 12.8 Å². The number of benzene rings is 2.